The smallest absolute Gasteiger partial charge is 0.272 e. The van der Waals surface area contributed by atoms with E-state index in [9.17, 15) is 14.0 Å². The zero-order valence-corrected chi connectivity index (χ0v) is 21.1. The number of anilines is 2. The minimum atomic E-state index is -0.617. The third kappa shape index (κ3) is 5.76. The first kappa shape index (κ1) is 25.6. The lowest BCUT2D eigenvalue weighted by molar-refractivity contribution is 0.0944. The molecule has 2 amide bonds. The number of aromatic nitrogens is 4. The predicted octanol–water partition coefficient (Wildman–Crippen LogP) is 4.89. The number of rotatable bonds is 7. The van der Waals surface area contributed by atoms with Crippen LogP contribution in [-0.2, 0) is 6.54 Å². The molecule has 0 aliphatic rings. The highest BCUT2D eigenvalue weighted by Crippen LogP contribution is 2.28. The van der Waals surface area contributed by atoms with Crippen LogP contribution in [0, 0.1) is 5.82 Å². The van der Waals surface area contributed by atoms with E-state index in [4.69, 9.17) is 17.3 Å². The van der Waals surface area contributed by atoms with Crippen molar-refractivity contribution < 1.29 is 14.0 Å². The minimum absolute atomic E-state index is 0.0291. The molecule has 3 heterocycles. The maximum Gasteiger partial charge on any atom is 0.272 e. The fourth-order valence-electron chi connectivity index (χ4n) is 3.79. The Hall–Kier alpha value is -5.09. The SMILES string of the molecule is Nc1ccc(CNC(=O)c2cc(NC(=O)c3cc(-c4ccccn4)c(F)cc3Cl)n(-c3ccccc3)n2)cn1. The summed E-state index contributed by atoms with van der Waals surface area (Å²) >= 11 is 6.25. The van der Waals surface area contributed by atoms with Crippen LogP contribution in [0.25, 0.3) is 16.9 Å². The molecule has 0 fully saturated rings. The molecule has 0 saturated carbocycles. The van der Waals surface area contributed by atoms with E-state index in [1.54, 1.807) is 60.8 Å². The van der Waals surface area contributed by atoms with E-state index in [2.05, 4.69) is 25.7 Å². The summed E-state index contributed by atoms with van der Waals surface area (Å²) < 4.78 is 16.1. The zero-order chi connectivity index (χ0) is 27.4. The van der Waals surface area contributed by atoms with Gasteiger partial charge in [0.1, 0.15) is 17.5 Å². The molecular formula is C28H21ClFN7O2. The van der Waals surface area contributed by atoms with Crippen molar-refractivity contribution in [3.63, 3.8) is 0 Å². The van der Waals surface area contributed by atoms with E-state index in [0.29, 0.717) is 17.2 Å². The molecule has 0 aliphatic heterocycles. The van der Waals surface area contributed by atoms with Crippen LogP contribution in [0.1, 0.15) is 26.4 Å². The number of amides is 2. The molecule has 5 aromatic rings. The predicted molar refractivity (Wildman–Crippen MR) is 146 cm³/mol. The number of nitrogens with zero attached hydrogens (tertiary/aromatic N) is 4. The highest BCUT2D eigenvalue weighted by atomic mass is 35.5. The van der Waals surface area contributed by atoms with Gasteiger partial charge in [0.15, 0.2) is 5.69 Å². The van der Waals surface area contributed by atoms with Gasteiger partial charge in [0, 0.05) is 30.6 Å². The number of carbonyl (C=O) groups is 2. The van der Waals surface area contributed by atoms with Crippen LogP contribution in [0.4, 0.5) is 16.0 Å². The molecule has 0 radical (unpaired) electrons. The quantitative estimate of drug-likeness (QED) is 0.269. The number of pyridine rings is 2. The van der Waals surface area contributed by atoms with Gasteiger partial charge in [-0.2, -0.15) is 5.10 Å². The fraction of sp³-hybridized carbons (Fsp3) is 0.0357. The number of hydrogen-bond donors (Lipinski definition) is 3. The number of hydrogen-bond acceptors (Lipinski definition) is 6. The molecule has 2 aromatic carbocycles. The summed E-state index contributed by atoms with van der Waals surface area (Å²) in [4.78, 5) is 34.4. The second kappa shape index (κ2) is 11.1. The minimum Gasteiger partial charge on any atom is -0.384 e. The number of halogens is 2. The molecule has 9 nitrogen and oxygen atoms in total. The third-order valence-electron chi connectivity index (χ3n) is 5.73. The van der Waals surface area contributed by atoms with Gasteiger partial charge in [-0.3, -0.25) is 14.6 Å². The summed E-state index contributed by atoms with van der Waals surface area (Å²) in [5, 5.41) is 9.85. The normalized spacial score (nSPS) is 10.7. The Morgan fingerprint density at radius 3 is 2.46 bits per heavy atom. The molecule has 0 bridgehead atoms. The number of nitrogen functional groups attached to an aromatic ring is 1. The molecule has 0 atom stereocenters. The summed E-state index contributed by atoms with van der Waals surface area (Å²) in [6, 6.07) is 21.3. The van der Waals surface area contributed by atoms with Gasteiger partial charge in [0.05, 0.1) is 22.0 Å². The third-order valence-corrected chi connectivity index (χ3v) is 6.04. The lowest BCUT2D eigenvalue weighted by Crippen LogP contribution is -2.23. The van der Waals surface area contributed by atoms with Crippen LogP contribution in [0.3, 0.4) is 0 Å². The van der Waals surface area contributed by atoms with Gasteiger partial charge in [-0.25, -0.2) is 14.1 Å². The van der Waals surface area contributed by atoms with Crippen LogP contribution in [0.5, 0.6) is 0 Å². The van der Waals surface area contributed by atoms with Crippen LogP contribution >= 0.6 is 11.6 Å². The number of nitrogens with one attached hydrogen (secondary N) is 2. The Morgan fingerprint density at radius 2 is 1.74 bits per heavy atom. The van der Waals surface area contributed by atoms with Gasteiger partial charge in [0.25, 0.3) is 11.8 Å². The molecule has 11 heteroatoms. The van der Waals surface area contributed by atoms with Gasteiger partial charge in [-0.15, -0.1) is 0 Å². The average Bonchev–Trinajstić information content (AvgIpc) is 3.37. The van der Waals surface area contributed by atoms with E-state index >= 15 is 0 Å². The summed E-state index contributed by atoms with van der Waals surface area (Å²) in [5.74, 6) is -1.10. The summed E-state index contributed by atoms with van der Waals surface area (Å²) in [6.45, 7) is 0.202. The van der Waals surface area contributed by atoms with Crippen molar-refractivity contribution in [2.75, 3.05) is 11.1 Å². The Kier molecular flexibility index (Phi) is 7.28. The molecule has 4 N–H and O–H groups in total. The number of para-hydroxylation sites is 1. The summed E-state index contributed by atoms with van der Waals surface area (Å²) in [5.41, 5.74) is 7.54. The van der Waals surface area contributed by atoms with Gasteiger partial charge < -0.3 is 16.4 Å². The van der Waals surface area contributed by atoms with Crippen molar-refractivity contribution in [1.29, 1.82) is 0 Å². The van der Waals surface area contributed by atoms with Gasteiger partial charge in [-0.05, 0) is 48.0 Å². The molecular weight excluding hydrogens is 521 g/mol. The topological polar surface area (TPSA) is 128 Å². The van der Waals surface area contributed by atoms with Crippen molar-refractivity contribution in [2.45, 2.75) is 6.54 Å². The number of carbonyl (C=O) groups excluding carboxylic acids is 2. The fourth-order valence-corrected chi connectivity index (χ4v) is 4.02. The van der Waals surface area contributed by atoms with Crippen molar-refractivity contribution in [2.24, 2.45) is 0 Å². The zero-order valence-electron chi connectivity index (χ0n) is 20.3. The Morgan fingerprint density at radius 1 is 0.949 bits per heavy atom. The summed E-state index contributed by atoms with van der Waals surface area (Å²) in [7, 11) is 0. The van der Waals surface area contributed by atoms with Crippen molar-refractivity contribution in [1.82, 2.24) is 25.1 Å². The first-order valence-corrected chi connectivity index (χ1v) is 12.1. The molecule has 39 heavy (non-hydrogen) atoms. The molecule has 5 rings (SSSR count). The van der Waals surface area contributed by atoms with Crippen LogP contribution < -0.4 is 16.4 Å². The first-order valence-electron chi connectivity index (χ1n) is 11.7. The largest absolute Gasteiger partial charge is 0.384 e. The Balaban J connectivity index is 1.44. The van der Waals surface area contributed by atoms with Crippen molar-refractivity contribution >= 4 is 35.1 Å². The Bertz CT molecular complexity index is 1640. The molecule has 194 valence electrons. The average molecular weight is 542 g/mol. The van der Waals surface area contributed by atoms with E-state index in [-0.39, 0.29) is 34.2 Å². The van der Waals surface area contributed by atoms with Crippen LogP contribution in [0.2, 0.25) is 5.02 Å². The van der Waals surface area contributed by atoms with Gasteiger partial charge >= 0.3 is 0 Å². The van der Waals surface area contributed by atoms with E-state index in [1.165, 1.54) is 23.0 Å². The van der Waals surface area contributed by atoms with E-state index in [1.807, 2.05) is 6.07 Å². The molecule has 3 aromatic heterocycles. The summed E-state index contributed by atoms with van der Waals surface area (Å²) in [6.07, 6.45) is 3.09. The number of benzene rings is 2. The lowest BCUT2D eigenvalue weighted by atomic mass is 10.1. The van der Waals surface area contributed by atoms with Crippen LogP contribution in [0.15, 0.2) is 91.3 Å². The van der Waals surface area contributed by atoms with Crippen molar-refractivity contribution in [3.05, 3.63) is 119 Å². The second-order valence-electron chi connectivity index (χ2n) is 8.42. The monoisotopic (exact) mass is 541 g/mol. The number of nitrogens with two attached hydrogens (primary N) is 1. The first-order chi connectivity index (χ1) is 18.9. The van der Waals surface area contributed by atoms with E-state index in [0.717, 1.165) is 11.6 Å². The molecule has 0 unspecified atom stereocenters. The molecule has 0 aliphatic carbocycles. The highest BCUT2D eigenvalue weighted by Gasteiger charge is 2.21. The highest BCUT2D eigenvalue weighted by molar-refractivity contribution is 6.34. The Labute approximate surface area is 227 Å². The maximum atomic E-state index is 14.7. The van der Waals surface area contributed by atoms with Gasteiger partial charge in [0.2, 0.25) is 0 Å². The molecule has 0 spiro atoms. The van der Waals surface area contributed by atoms with E-state index < -0.39 is 17.6 Å². The van der Waals surface area contributed by atoms with Crippen LogP contribution in [-0.4, -0.2) is 31.6 Å². The molecule has 0 saturated heterocycles. The van der Waals surface area contributed by atoms with Gasteiger partial charge in [-0.1, -0.05) is 41.9 Å². The lowest BCUT2D eigenvalue weighted by Gasteiger charge is -2.11. The standard InChI is InChI=1S/C28H21ClFN7O2/c29-21-13-22(30)20(23-8-4-5-11-32-23)12-19(21)27(38)35-26-14-24(36-37(26)18-6-2-1-3-7-18)28(39)34-16-17-9-10-25(31)33-15-17/h1-15H,16H2,(H2,31,33)(H,34,39)(H,35,38). The second-order valence-corrected chi connectivity index (χ2v) is 8.82. The van der Waals surface area contributed by atoms with Crippen molar-refractivity contribution in [3.8, 4) is 16.9 Å². The maximum absolute atomic E-state index is 14.7.